The number of Topliss-reactive ketones (excluding diaryl/α,β-unsaturated/α-hetero) is 1. The minimum atomic E-state index is -0.341. The lowest BCUT2D eigenvalue weighted by atomic mass is 10.1. The highest BCUT2D eigenvalue weighted by molar-refractivity contribution is 7.99. The number of rotatable bonds is 4. The van der Waals surface area contributed by atoms with Crippen LogP contribution in [0.15, 0.2) is 24.3 Å². The van der Waals surface area contributed by atoms with E-state index in [-0.39, 0.29) is 11.6 Å². The van der Waals surface area contributed by atoms with Gasteiger partial charge in [0.2, 0.25) is 0 Å². The van der Waals surface area contributed by atoms with Gasteiger partial charge >= 0.3 is 0 Å². The summed E-state index contributed by atoms with van der Waals surface area (Å²) >= 11 is 1.98. The van der Waals surface area contributed by atoms with Crippen molar-refractivity contribution in [1.82, 2.24) is 4.90 Å². The van der Waals surface area contributed by atoms with Crippen molar-refractivity contribution >= 4 is 17.5 Å². The number of carbonyl (C=O) groups is 1. The largest absolute Gasteiger partial charge is 0.302 e. The maximum absolute atomic E-state index is 13.0. The van der Waals surface area contributed by atoms with Crippen LogP contribution in [-0.4, -0.2) is 41.8 Å². The number of nitrogens with zero attached hydrogens (tertiary/aromatic N) is 1. The second-order valence-electron chi connectivity index (χ2n) is 4.49. The predicted octanol–water partition coefficient (Wildman–Crippen LogP) is 2.84. The molecule has 1 aromatic carbocycles. The van der Waals surface area contributed by atoms with Crippen LogP contribution in [0.1, 0.15) is 23.2 Å². The van der Waals surface area contributed by atoms with E-state index in [0.717, 1.165) is 25.4 Å². The number of hydrogen-bond donors (Lipinski definition) is 0. The van der Waals surface area contributed by atoms with Gasteiger partial charge in [-0.1, -0.05) is 12.1 Å². The van der Waals surface area contributed by atoms with Gasteiger partial charge in [0, 0.05) is 30.8 Å². The van der Waals surface area contributed by atoms with Crippen molar-refractivity contribution in [3.8, 4) is 0 Å². The fourth-order valence-electron chi connectivity index (χ4n) is 2.09. The molecule has 1 aromatic rings. The molecule has 0 saturated carbocycles. The molecule has 2 nitrogen and oxygen atoms in total. The number of carbonyl (C=O) groups excluding carboxylic acids is 1. The molecule has 1 aliphatic rings. The Kier molecular flexibility index (Phi) is 5.20. The molecule has 0 radical (unpaired) electrons. The van der Waals surface area contributed by atoms with Crippen LogP contribution in [0.25, 0.3) is 0 Å². The minimum Gasteiger partial charge on any atom is -0.302 e. The molecule has 0 unspecified atom stereocenters. The summed E-state index contributed by atoms with van der Waals surface area (Å²) in [6.45, 7) is 2.92. The van der Waals surface area contributed by atoms with Crippen molar-refractivity contribution in [2.24, 2.45) is 0 Å². The molecule has 0 N–H and O–H groups in total. The number of ketones is 1. The zero-order valence-corrected chi connectivity index (χ0v) is 11.2. The third-order valence-corrected chi connectivity index (χ3v) is 4.17. The Morgan fingerprint density at radius 1 is 1.33 bits per heavy atom. The third kappa shape index (κ3) is 4.10. The highest BCUT2D eigenvalue weighted by atomic mass is 32.2. The summed E-state index contributed by atoms with van der Waals surface area (Å²) in [5, 5.41) is 0. The first-order valence-corrected chi connectivity index (χ1v) is 7.50. The van der Waals surface area contributed by atoms with Gasteiger partial charge in [-0.3, -0.25) is 4.79 Å². The van der Waals surface area contributed by atoms with E-state index < -0.39 is 0 Å². The second-order valence-corrected chi connectivity index (χ2v) is 5.72. The molecule has 4 heteroatoms. The Hall–Kier alpha value is -0.870. The van der Waals surface area contributed by atoms with Crippen molar-refractivity contribution in [2.45, 2.75) is 12.8 Å². The van der Waals surface area contributed by atoms with Gasteiger partial charge < -0.3 is 4.90 Å². The zero-order chi connectivity index (χ0) is 12.8. The Labute approximate surface area is 112 Å². The lowest BCUT2D eigenvalue weighted by Gasteiger charge is -2.18. The molecular formula is C14H18FNOS. The lowest BCUT2D eigenvalue weighted by molar-refractivity contribution is 0.0965. The van der Waals surface area contributed by atoms with E-state index in [4.69, 9.17) is 0 Å². The van der Waals surface area contributed by atoms with Crippen LogP contribution in [0, 0.1) is 5.82 Å². The standard InChI is InChI=1S/C14H18FNOS/c15-13-4-1-3-12(11-13)14(17)5-7-16-6-2-9-18-10-8-16/h1,3-4,11H,2,5-10H2. The van der Waals surface area contributed by atoms with Crippen molar-refractivity contribution < 1.29 is 9.18 Å². The van der Waals surface area contributed by atoms with E-state index in [1.165, 1.54) is 24.3 Å². The molecule has 0 bridgehead atoms. The number of benzene rings is 1. The topological polar surface area (TPSA) is 20.3 Å². The Balaban J connectivity index is 1.84. The molecule has 0 amide bonds. The first-order valence-electron chi connectivity index (χ1n) is 6.34. The molecule has 1 heterocycles. The summed E-state index contributed by atoms with van der Waals surface area (Å²) in [5.41, 5.74) is 0.485. The quantitative estimate of drug-likeness (QED) is 0.782. The first kappa shape index (κ1) is 13.6. The molecule has 0 aliphatic carbocycles. The molecule has 1 fully saturated rings. The summed E-state index contributed by atoms with van der Waals surface area (Å²) in [5.74, 6) is 2.06. The van der Waals surface area contributed by atoms with Gasteiger partial charge in [-0.25, -0.2) is 4.39 Å². The monoisotopic (exact) mass is 267 g/mol. The van der Waals surface area contributed by atoms with Crippen LogP contribution in [-0.2, 0) is 0 Å². The highest BCUT2D eigenvalue weighted by Gasteiger charge is 2.12. The molecule has 98 valence electrons. The molecule has 0 spiro atoms. The molecule has 0 aromatic heterocycles. The van der Waals surface area contributed by atoms with Gasteiger partial charge in [0.05, 0.1) is 0 Å². The smallest absolute Gasteiger partial charge is 0.164 e. The number of hydrogen-bond acceptors (Lipinski definition) is 3. The molecule has 0 atom stereocenters. The Morgan fingerprint density at radius 2 is 2.22 bits per heavy atom. The first-order chi connectivity index (χ1) is 8.75. The summed E-state index contributed by atoms with van der Waals surface area (Å²) in [4.78, 5) is 14.3. The average molecular weight is 267 g/mol. The van der Waals surface area contributed by atoms with E-state index in [1.807, 2.05) is 11.8 Å². The van der Waals surface area contributed by atoms with Crippen LogP contribution in [0.3, 0.4) is 0 Å². The summed E-state index contributed by atoms with van der Waals surface area (Å²) in [7, 11) is 0. The van der Waals surface area contributed by atoms with Crippen LogP contribution >= 0.6 is 11.8 Å². The van der Waals surface area contributed by atoms with Gasteiger partial charge in [0.15, 0.2) is 5.78 Å². The van der Waals surface area contributed by atoms with Gasteiger partial charge in [-0.2, -0.15) is 11.8 Å². The second kappa shape index (κ2) is 6.90. The van der Waals surface area contributed by atoms with Crippen molar-refractivity contribution in [3.05, 3.63) is 35.6 Å². The summed E-state index contributed by atoms with van der Waals surface area (Å²) in [6.07, 6.45) is 1.67. The van der Waals surface area contributed by atoms with E-state index in [0.29, 0.717) is 12.0 Å². The van der Waals surface area contributed by atoms with E-state index in [1.54, 1.807) is 12.1 Å². The molecule has 1 saturated heterocycles. The maximum Gasteiger partial charge on any atom is 0.164 e. The van der Waals surface area contributed by atoms with Crippen LogP contribution in [0.4, 0.5) is 4.39 Å². The van der Waals surface area contributed by atoms with Crippen molar-refractivity contribution in [1.29, 1.82) is 0 Å². The van der Waals surface area contributed by atoms with Crippen LogP contribution in [0.2, 0.25) is 0 Å². The normalized spacial score (nSPS) is 17.4. The maximum atomic E-state index is 13.0. The van der Waals surface area contributed by atoms with E-state index in [2.05, 4.69) is 4.90 Å². The van der Waals surface area contributed by atoms with Crippen LogP contribution < -0.4 is 0 Å². The van der Waals surface area contributed by atoms with Gasteiger partial charge in [0.25, 0.3) is 0 Å². The molecule has 1 aliphatic heterocycles. The molecule has 18 heavy (non-hydrogen) atoms. The van der Waals surface area contributed by atoms with Gasteiger partial charge in [-0.15, -0.1) is 0 Å². The predicted molar refractivity (Wildman–Crippen MR) is 73.7 cm³/mol. The molecule has 2 rings (SSSR count). The van der Waals surface area contributed by atoms with Gasteiger partial charge in [0.1, 0.15) is 5.82 Å². The Morgan fingerprint density at radius 3 is 3.06 bits per heavy atom. The van der Waals surface area contributed by atoms with E-state index in [9.17, 15) is 9.18 Å². The lowest BCUT2D eigenvalue weighted by Crippen LogP contribution is -2.28. The fraction of sp³-hybridized carbons (Fsp3) is 0.500. The number of halogens is 1. The van der Waals surface area contributed by atoms with E-state index >= 15 is 0 Å². The highest BCUT2D eigenvalue weighted by Crippen LogP contribution is 2.12. The SMILES string of the molecule is O=C(CCN1CCCSCC1)c1cccc(F)c1. The number of thioether (sulfide) groups is 1. The average Bonchev–Trinajstić information content (AvgIpc) is 2.64. The molecular weight excluding hydrogens is 249 g/mol. The van der Waals surface area contributed by atoms with Gasteiger partial charge in [-0.05, 0) is 30.9 Å². The minimum absolute atomic E-state index is 0.0337. The summed E-state index contributed by atoms with van der Waals surface area (Å²) in [6, 6.07) is 5.96. The zero-order valence-electron chi connectivity index (χ0n) is 10.4. The third-order valence-electron chi connectivity index (χ3n) is 3.12. The fourth-order valence-corrected chi connectivity index (χ4v) is 3.01. The summed E-state index contributed by atoms with van der Waals surface area (Å²) < 4.78 is 13.0. The van der Waals surface area contributed by atoms with Crippen molar-refractivity contribution in [2.75, 3.05) is 31.1 Å². The van der Waals surface area contributed by atoms with Crippen molar-refractivity contribution in [3.63, 3.8) is 0 Å². The van der Waals surface area contributed by atoms with Crippen LogP contribution in [0.5, 0.6) is 0 Å². The Bertz CT molecular complexity index is 403.